The van der Waals surface area contributed by atoms with E-state index in [0.29, 0.717) is 48.1 Å². The predicted octanol–water partition coefficient (Wildman–Crippen LogP) is 3.03. The van der Waals surface area contributed by atoms with Gasteiger partial charge in [-0.3, -0.25) is 14.4 Å². The first-order valence-electron chi connectivity index (χ1n) is 9.59. The molecule has 8 heteroatoms. The molecule has 1 aromatic carbocycles. The fraction of sp³-hybridized carbons (Fsp3) is 0.381. The summed E-state index contributed by atoms with van der Waals surface area (Å²) in [5.74, 6) is -0.548. The topological polar surface area (TPSA) is 80.6 Å². The highest BCUT2D eigenvalue weighted by atomic mass is 35.5. The van der Waals surface area contributed by atoms with E-state index >= 15 is 0 Å². The van der Waals surface area contributed by atoms with Crippen molar-refractivity contribution in [3.63, 3.8) is 0 Å². The Labute approximate surface area is 174 Å². The number of nitrogens with zero attached hydrogens (tertiary/aromatic N) is 2. The quantitative estimate of drug-likeness (QED) is 0.783. The van der Waals surface area contributed by atoms with Crippen LogP contribution in [-0.4, -0.2) is 48.1 Å². The number of pyridine rings is 1. The number of methoxy groups -OCH3 is 1. The average molecular weight is 418 g/mol. The molecule has 1 aromatic heterocycles. The van der Waals surface area contributed by atoms with Crippen LogP contribution in [0.15, 0.2) is 41.3 Å². The van der Waals surface area contributed by atoms with Crippen molar-refractivity contribution in [2.24, 2.45) is 0 Å². The molecule has 0 bridgehead atoms. The zero-order chi connectivity index (χ0) is 20.8. The summed E-state index contributed by atoms with van der Waals surface area (Å²) in [6, 6.07) is 7.63. The summed E-state index contributed by atoms with van der Waals surface area (Å²) >= 11 is 6.10. The summed E-state index contributed by atoms with van der Waals surface area (Å²) in [4.78, 5) is 39.5. The molecule has 2 aromatic rings. The molecule has 0 radical (unpaired) electrons. The fourth-order valence-electron chi connectivity index (χ4n) is 3.30. The van der Waals surface area contributed by atoms with Gasteiger partial charge in [0.05, 0.1) is 23.4 Å². The van der Waals surface area contributed by atoms with Crippen molar-refractivity contribution in [2.45, 2.75) is 25.8 Å². The van der Waals surface area contributed by atoms with E-state index in [1.807, 2.05) is 0 Å². The zero-order valence-electron chi connectivity index (χ0n) is 16.3. The van der Waals surface area contributed by atoms with Crippen LogP contribution in [0.25, 0.3) is 0 Å². The van der Waals surface area contributed by atoms with E-state index < -0.39 is 5.91 Å². The minimum Gasteiger partial charge on any atom is -0.383 e. The van der Waals surface area contributed by atoms with Gasteiger partial charge in [0, 0.05) is 44.0 Å². The Balaban J connectivity index is 1.84. The smallest absolute Gasteiger partial charge is 0.257 e. The Hall–Kier alpha value is -2.64. The number of hydrogen-bond donors (Lipinski definition) is 1. The minimum absolute atomic E-state index is 0.123. The number of rotatable bonds is 6. The van der Waals surface area contributed by atoms with Gasteiger partial charge in [0.25, 0.3) is 17.4 Å². The highest BCUT2D eigenvalue weighted by Crippen LogP contribution is 2.24. The lowest BCUT2D eigenvalue weighted by molar-refractivity contribution is 0.0725. The van der Waals surface area contributed by atoms with Crippen molar-refractivity contribution < 1.29 is 14.3 Å². The molecular weight excluding hydrogens is 394 g/mol. The van der Waals surface area contributed by atoms with E-state index in [1.54, 1.807) is 30.2 Å². The molecule has 7 nitrogen and oxygen atoms in total. The van der Waals surface area contributed by atoms with Gasteiger partial charge >= 0.3 is 0 Å². The average Bonchev–Trinajstić information content (AvgIpc) is 2.73. The normalized spacial score (nSPS) is 13.9. The predicted molar refractivity (Wildman–Crippen MR) is 112 cm³/mol. The maximum absolute atomic E-state index is 12.9. The number of likely N-dealkylation sites (tertiary alicyclic amines) is 1. The number of nitrogens with one attached hydrogen (secondary N) is 1. The molecule has 1 aliphatic heterocycles. The number of anilines is 1. The third-order valence-corrected chi connectivity index (χ3v) is 5.12. The van der Waals surface area contributed by atoms with Gasteiger partial charge in [0.15, 0.2) is 0 Å². The molecule has 0 saturated carbocycles. The second kappa shape index (κ2) is 9.71. The van der Waals surface area contributed by atoms with Gasteiger partial charge in [-0.25, -0.2) is 0 Å². The zero-order valence-corrected chi connectivity index (χ0v) is 17.1. The number of piperidine rings is 1. The Kier molecular flexibility index (Phi) is 7.06. The van der Waals surface area contributed by atoms with Crippen LogP contribution in [0.1, 0.15) is 40.0 Å². The molecule has 3 rings (SSSR count). The van der Waals surface area contributed by atoms with Gasteiger partial charge in [-0.1, -0.05) is 11.6 Å². The first kappa shape index (κ1) is 21.1. The largest absolute Gasteiger partial charge is 0.383 e. The number of aromatic nitrogens is 1. The second-order valence-corrected chi connectivity index (χ2v) is 7.38. The number of benzene rings is 1. The summed E-state index contributed by atoms with van der Waals surface area (Å²) in [6.07, 6.45) is 4.55. The number of ether oxygens (including phenoxy) is 1. The molecule has 1 fully saturated rings. The monoisotopic (exact) mass is 417 g/mol. The van der Waals surface area contributed by atoms with Crippen LogP contribution >= 0.6 is 11.6 Å². The van der Waals surface area contributed by atoms with Crippen molar-refractivity contribution in [3.8, 4) is 0 Å². The third-order valence-electron chi connectivity index (χ3n) is 4.89. The van der Waals surface area contributed by atoms with E-state index in [1.165, 1.54) is 22.9 Å². The van der Waals surface area contributed by atoms with Gasteiger partial charge in [-0.15, -0.1) is 0 Å². The van der Waals surface area contributed by atoms with Crippen LogP contribution in [0.2, 0.25) is 5.02 Å². The number of hydrogen-bond acceptors (Lipinski definition) is 4. The molecule has 2 heterocycles. The van der Waals surface area contributed by atoms with Crippen molar-refractivity contribution in [2.75, 3.05) is 32.1 Å². The molecule has 1 aliphatic rings. The van der Waals surface area contributed by atoms with Crippen molar-refractivity contribution in [1.29, 1.82) is 0 Å². The number of carbonyl (C=O) groups excluding carboxylic acids is 2. The summed E-state index contributed by atoms with van der Waals surface area (Å²) in [5.41, 5.74) is 0.837. The van der Waals surface area contributed by atoms with Crippen LogP contribution in [-0.2, 0) is 11.3 Å². The molecule has 0 atom stereocenters. The lowest BCUT2D eigenvalue weighted by Gasteiger charge is -2.27. The van der Waals surface area contributed by atoms with Crippen LogP contribution in [0, 0.1) is 0 Å². The molecule has 1 saturated heterocycles. The van der Waals surface area contributed by atoms with Gasteiger partial charge in [0.2, 0.25) is 0 Å². The second-order valence-electron chi connectivity index (χ2n) is 6.94. The summed E-state index contributed by atoms with van der Waals surface area (Å²) in [5, 5.41) is 3.19. The molecule has 2 amide bonds. The van der Waals surface area contributed by atoms with E-state index in [2.05, 4.69) is 5.32 Å². The molecular formula is C21H24ClN3O4. The van der Waals surface area contributed by atoms with E-state index in [-0.39, 0.29) is 11.5 Å². The Morgan fingerprint density at radius 2 is 1.90 bits per heavy atom. The maximum Gasteiger partial charge on any atom is 0.257 e. The van der Waals surface area contributed by atoms with Gasteiger partial charge in [-0.2, -0.15) is 0 Å². The standard InChI is InChI=1S/C21H24ClN3O4/c1-29-12-11-25-14-15(5-8-19(25)26)20(27)23-18-13-16(22)6-7-17(18)21(28)24-9-3-2-4-10-24/h5-8,13-14H,2-4,9-12H2,1H3,(H,23,27). The minimum atomic E-state index is -0.425. The van der Waals surface area contributed by atoms with Crippen molar-refractivity contribution >= 4 is 29.1 Å². The lowest BCUT2D eigenvalue weighted by Crippen LogP contribution is -2.36. The van der Waals surface area contributed by atoms with Gasteiger partial charge < -0.3 is 19.5 Å². The van der Waals surface area contributed by atoms with Crippen LogP contribution in [0.3, 0.4) is 0 Å². The number of carbonyl (C=O) groups is 2. The first-order chi connectivity index (χ1) is 14.0. The van der Waals surface area contributed by atoms with E-state index in [4.69, 9.17) is 16.3 Å². The SMILES string of the molecule is COCCn1cc(C(=O)Nc2cc(Cl)ccc2C(=O)N2CCCCC2)ccc1=O. The molecule has 0 aliphatic carbocycles. The Bertz CT molecular complexity index is 951. The van der Waals surface area contributed by atoms with E-state index in [0.717, 1.165) is 19.3 Å². The maximum atomic E-state index is 12.9. The van der Waals surface area contributed by atoms with E-state index in [9.17, 15) is 14.4 Å². The molecule has 1 N–H and O–H groups in total. The molecule has 0 spiro atoms. The number of amides is 2. The highest BCUT2D eigenvalue weighted by Gasteiger charge is 2.22. The van der Waals surface area contributed by atoms with Gasteiger partial charge in [0.1, 0.15) is 0 Å². The first-order valence-corrected chi connectivity index (χ1v) is 9.97. The summed E-state index contributed by atoms with van der Waals surface area (Å²) < 4.78 is 6.41. The lowest BCUT2D eigenvalue weighted by atomic mass is 10.1. The summed E-state index contributed by atoms with van der Waals surface area (Å²) in [7, 11) is 1.54. The van der Waals surface area contributed by atoms with Crippen LogP contribution < -0.4 is 10.9 Å². The van der Waals surface area contributed by atoms with Crippen LogP contribution in [0.4, 0.5) is 5.69 Å². The number of halogens is 1. The highest BCUT2D eigenvalue weighted by molar-refractivity contribution is 6.31. The molecule has 29 heavy (non-hydrogen) atoms. The fourth-order valence-corrected chi connectivity index (χ4v) is 3.47. The summed E-state index contributed by atoms with van der Waals surface area (Å²) in [6.45, 7) is 2.11. The molecule has 0 unspecified atom stereocenters. The Morgan fingerprint density at radius 1 is 1.14 bits per heavy atom. The third kappa shape index (κ3) is 5.25. The van der Waals surface area contributed by atoms with Crippen molar-refractivity contribution in [1.82, 2.24) is 9.47 Å². The molecule has 154 valence electrons. The van der Waals surface area contributed by atoms with Gasteiger partial charge in [-0.05, 0) is 43.5 Å². The Morgan fingerprint density at radius 3 is 2.62 bits per heavy atom. The van der Waals surface area contributed by atoms with Crippen molar-refractivity contribution in [3.05, 3.63) is 63.0 Å². The van der Waals surface area contributed by atoms with Crippen LogP contribution in [0.5, 0.6) is 0 Å².